The number of rotatable bonds is 5. The number of hydrogen-bond acceptors (Lipinski definition) is 5. The molecule has 0 aromatic heterocycles. The van der Waals surface area contributed by atoms with Crippen molar-refractivity contribution in [1.29, 1.82) is 0 Å². The number of hydrogen-bond donors (Lipinski definition) is 4. The molecule has 2 fully saturated rings. The Balaban J connectivity index is 1.29. The zero-order chi connectivity index (χ0) is 25.4. The summed E-state index contributed by atoms with van der Waals surface area (Å²) in [5.74, 6) is -1.19. The van der Waals surface area contributed by atoms with Gasteiger partial charge in [-0.15, -0.1) is 0 Å². The van der Waals surface area contributed by atoms with Crippen LogP contribution in [0.1, 0.15) is 41.3 Å². The highest BCUT2D eigenvalue weighted by atomic mass is 16.3. The summed E-state index contributed by atoms with van der Waals surface area (Å²) in [5.41, 5.74) is 0.334. The normalized spacial score (nSPS) is 21.4. The van der Waals surface area contributed by atoms with Crippen LogP contribution >= 0.6 is 0 Å². The smallest absolute Gasteiger partial charge is 0.322 e. The van der Waals surface area contributed by atoms with Gasteiger partial charge in [0.25, 0.3) is 11.8 Å². The Labute approximate surface area is 207 Å². The van der Waals surface area contributed by atoms with Gasteiger partial charge < -0.3 is 20.6 Å². The van der Waals surface area contributed by atoms with Gasteiger partial charge in [-0.1, -0.05) is 54.6 Å². The van der Waals surface area contributed by atoms with Crippen LogP contribution in [0.4, 0.5) is 4.79 Å². The number of imide groups is 1. The van der Waals surface area contributed by atoms with Crippen LogP contribution in [0.3, 0.4) is 0 Å². The molecule has 9 heteroatoms. The highest BCUT2D eigenvalue weighted by molar-refractivity contribution is 6.07. The van der Waals surface area contributed by atoms with Crippen LogP contribution in [0, 0.1) is 0 Å². The van der Waals surface area contributed by atoms with E-state index in [2.05, 4.69) is 16.0 Å². The standard InChI is InChI=1S/C27H26N4O5/c1-27(25(35)29-26(36)30-27)18-8-4-6-16(14-18)15-28-23(33)21-10-5-13-31(21)24(34)20-12-11-17-7-2-3-9-19(17)22(20)32/h2-4,6-9,11-12,14,21,32H,5,10,13,15H2,1H3,(H,28,33)(H2,29,30,35,36). The highest BCUT2D eigenvalue weighted by Crippen LogP contribution is 2.31. The number of nitrogens with one attached hydrogen (secondary N) is 3. The molecule has 2 atom stereocenters. The largest absolute Gasteiger partial charge is 0.506 e. The number of nitrogens with zero attached hydrogens (tertiary/aromatic N) is 1. The number of carbonyl (C=O) groups is 4. The van der Waals surface area contributed by atoms with Crippen molar-refractivity contribution in [3.05, 3.63) is 77.4 Å². The number of amides is 5. The molecule has 5 amide bonds. The lowest BCUT2D eigenvalue weighted by Gasteiger charge is -2.25. The number of carbonyl (C=O) groups excluding carboxylic acids is 4. The summed E-state index contributed by atoms with van der Waals surface area (Å²) in [4.78, 5) is 51.7. The summed E-state index contributed by atoms with van der Waals surface area (Å²) >= 11 is 0. The fraction of sp³-hybridized carbons (Fsp3) is 0.259. The number of fused-ring (bicyclic) bond motifs is 1. The lowest BCUT2D eigenvalue weighted by atomic mass is 9.91. The number of phenols is 1. The molecule has 2 aliphatic heterocycles. The minimum Gasteiger partial charge on any atom is -0.506 e. The average molecular weight is 487 g/mol. The van der Waals surface area contributed by atoms with Gasteiger partial charge >= 0.3 is 6.03 Å². The lowest BCUT2D eigenvalue weighted by Crippen LogP contribution is -2.45. The second-order valence-corrected chi connectivity index (χ2v) is 9.29. The van der Waals surface area contributed by atoms with Crippen LogP contribution in [0.5, 0.6) is 5.75 Å². The molecular weight excluding hydrogens is 460 g/mol. The molecule has 0 bridgehead atoms. The zero-order valence-electron chi connectivity index (χ0n) is 19.7. The summed E-state index contributed by atoms with van der Waals surface area (Å²) < 4.78 is 0. The van der Waals surface area contributed by atoms with Gasteiger partial charge in [0, 0.05) is 18.5 Å². The number of likely N-dealkylation sites (tertiary alicyclic amines) is 1. The molecule has 9 nitrogen and oxygen atoms in total. The summed E-state index contributed by atoms with van der Waals surface area (Å²) in [5, 5.41) is 19.9. The summed E-state index contributed by atoms with van der Waals surface area (Å²) in [6.45, 7) is 2.24. The molecule has 0 radical (unpaired) electrons. The molecule has 5 rings (SSSR count). The van der Waals surface area contributed by atoms with Gasteiger partial charge in [-0.2, -0.15) is 0 Å². The molecule has 184 valence electrons. The van der Waals surface area contributed by atoms with Crippen LogP contribution in [-0.2, 0) is 21.7 Å². The van der Waals surface area contributed by atoms with Crippen molar-refractivity contribution in [2.75, 3.05) is 6.54 Å². The van der Waals surface area contributed by atoms with E-state index in [0.29, 0.717) is 30.3 Å². The van der Waals surface area contributed by atoms with Crippen molar-refractivity contribution in [1.82, 2.24) is 20.9 Å². The highest BCUT2D eigenvalue weighted by Gasteiger charge is 2.43. The number of benzene rings is 3. The molecule has 0 aliphatic carbocycles. The first-order chi connectivity index (χ1) is 17.3. The fourth-order valence-corrected chi connectivity index (χ4v) is 4.91. The van der Waals surface area contributed by atoms with Gasteiger partial charge in [0.1, 0.15) is 17.3 Å². The molecule has 2 aliphatic rings. The number of urea groups is 1. The van der Waals surface area contributed by atoms with Crippen LogP contribution < -0.4 is 16.0 Å². The van der Waals surface area contributed by atoms with Crippen molar-refractivity contribution in [3.8, 4) is 5.75 Å². The average Bonchev–Trinajstić information content (AvgIpc) is 3.47. The number of phenolic OH excluding ortho intramolecular Hbond substituents is 1. The van der Waals surface area contributed by atoms with Gasteiger partial charge in [-0.3, -0.25) is 19.7 Å². The van der Waals surface area contributed by atoms with Crippen molar-refractivity contribution in [2.45, 2.75) is 37.9 Å². The minimum absolute atomic E-state index is 0.0856. The maximum atomic E-state index is 13.3. The third-order valence-electron chi connectivity index (χ3n) is 6.96. The van der Waals surface area contributed by atoms with Gasteiger partial charge in [0.05, 0.1) is 5.56 Å². The van der Waals surface area contributed by atoms with E-state index in [1.54, 1.807) is 49.4 Å². The Morgan fingerprint density at radius 1 is 1.11 bits per heavy atom. The van der Waals surface area contributed by atoms with E-state index in [-0.39, 0.29) is 29.7 Å². The van der Waals surface area contributed by atoms with Gasteiger partial charge in [-0.05, 0) is 42.3 Å². The van der Waals surface area contributed by atoms with E-state index in [0.717, 1.165) is 10.9 Å². The number of aromatic hydroxyl groups is 1. The summed E-state index contributed by atoms with van der Waals surface area (Å²) in [7, 11) is 0. The zero-order valence-corrected chi connectivity index (χ0v) is 19.7. The third kappa shape index (κ3) is 4.02. The van der Waals surface area contributed by atoms with E-state index >= 15 is 0 Å². The Hall–Kier alpha value is -4.40. The topological polar surface area (TPSA) is 128 Å². The summed E-state index contributed by atoms with van der Waals surface area (Å²) in [6.07, 6.45) is 1.21. The molecule has 4 N–H and O–H groups in total. The monoisotopic (exact) mass is 486 g/mol. The lowest BCUT2D eigenvalue weighted by molar-refractivity contribution is -0.125. The Morgan fingerprint density at radius 3 is 2.69 bits per heavy atom. The summed E-state index contributed by atoms with van der Waals surface area (Å²) in [6, 6.07) is 16.5. The van der Waals surface area contributed by atoms with Crippen molar-refractivity contribution in [3.63, 3.8) is 0 Å². The van der Waals surface area contributed by atoms with Crippen LogP contribution in [-0.4, -0.2) is 46.3 Å². The Morgan fingerprint density at radius 2 is 1.92 bits per heavy atom. The predicted molar refractivity (Wildman–Crippen MR) is 132 cm³/mol. The van der Waals surface area contributed by atoms with Gasteiger partial charge in [0.15, 0.2) is 0 Å². The first kappa shape index (κ1) is 23.3. The Bertz CT molecular complexity index is 1400. The van der Waals surface area contributed by atoms with Crippen LogP contribution in [0.25, 0.3) is 10.8 Å². The first-order valence-corrected chi connectivity index (χ1v) is 11.8. The maximum absolute atomic E-state index is 13.3. The molecular formula is C27H26N4O5. The van der Waals surface area contributed by atoms with Crippen molar-refractivity contribution >= 4 is 34.5 Å². The van der Waals surface area contributed by atoms with Gasteiger partial charge in [0.2, 0.25) is 5.91 Å². The van der Waals surface area contributed by atoms with Crippen LogP contribution in [0.2, 0.25) is 0 Å². The maximum Gasteiger partial charge on any atom is 0.322 e. The second-order valence-electron chi connectivity index (χ2n) is 9.29. The quantitative estimate of drug-likeness (QED) is 0.412. The molecule has 3 aromatic rings. The second kappa shape index (κ2) is 8.99. The fourth-order valence-electron chi connectivity index (χ4n) is 4.91. The third-order valence-corrected chi connectivity index (χ3v) is 6.96. The molecule has 36 heavy (non-hydrogen) atoms. The van der Waals surface area contributed by atoms with E-state index in [1.807, 2.05) is 18.2 Å². The minimum atomic E-state index is -1.19. The van der Waals surface area contributed by atoms with E-state index in [4.69, 9.17) is 0 Å². The molecule has 0 saturated carbocycles. The van der Waals surface area contributed by atoms with E-state index < -0.39 is 23.5 Å². The molecule has 2 saturated heterocycles. The first-order valence-electron chi connectivity index (χ1n) is 11.8. The predicted octanol–water partition coefficient (Wildman–Crippen LogP) is 2.52. The molecule has 3 aromatic carbocycles. The van der Waals surface area contributed by atoms with Crippen LogP contribution in [0.15, 0.2) is 60.7 Å². The van der Waals surface area contributed by atoms with E-state index in [1.165, 1.54) is 4.90 Å². The molecule has 2 heterocycles. The molecule has 2 unspecified atom stereocenters. The van der Waals surface area contributed by atoms with Crippen molar-refractivity contribution in [2.24, 2.45) is 0 Å². The Kier molecular flexibility index (Phi) is 5.83. The SMILES string of the molecule is CC1(c2cccc(CNC(=O)C3CCCN3C(=O)c3ccc4ccccc4c3O)c2)NC(=O)NC1=O. The van der Waals surface area contributed by atoms with Gasteiger partial charge in [-0.25, -0.2) is 4.79 Å². The molecule has 0 spiro atoms. The van der Waals surface area contributed by atoms with Crippen molar-refractivity contribution < 1.29 is 24.3 Å². The van der Waals surface area contributed by atoms with E-state index in [9.17, 15) is 24.3 Å².